The SMILES string of the molecule is CC(NOC1CCCC1)c1cc(Br)cs1. The number of nitrogens with one attached hydrogen (secondary N) is 1. The number of halogens is 1. The number of hydrogen-bond acceptors (Lipinski definition) is 3. The molecule has 1 aromatic rings. The highest BCUT2D eigenvalue weighted by molar-refractivity contribution is 9.10. The highest BCUT2D eigenvalue weighted by atomic mass is 79.9. The van der Waals surface area contributed by atoms with Gasteiger partial charge >= 0.3 is 0 Å². The van der Waals surface area contributed by atoms with E-state index in [2.05, 4.69) is 39.8 Å². The molecule has 2 rings (SSSR count). The Labute approximate surface area is 103 Å². The molecule has 15 heavy (non-hydrogen) atoms. The molecule has 1 aromatic heterocycles. The predicted octanol–water partition coefficient (Wildman–Crippen LogP) is 4.04. The largest absolute Gasteiger partial charge is 0.298 e. The van der Waals surface area contributed by atoms with Gasteiger partial charge in [-0.05, 0) is 41.8 Å². The van der Waals surface area contributed by atoms with Crippen LogP contribution >= 0.6 is 27.3 Å². The molecule has 1 saturated carbocycles. The fourth-order valence-electron chi connectivity index (χ4n) is 1.82. The Hall–Kier alpha value is 0.1000. The van der Waals surface area contributed by atoms with E-state index in [0.717, 1.165) is 4.47 Å². The van der Waals surface area contributed by atoms with Crippen LogP contribution in [0.2, 0.25) is 0 Å². The van der Waals surface area contributed by atoms with Crippen molar-refractivity contribution < 1.29 is 4.84 Å². The molecule has 0 amide bonds. The highest BCUT2D eigenvalue weighted by Gasteiger charge is 2.17. The summed E-state index contributed by atoms with van der Waals surface area (Å²) in [6, 6.07) is 2.42. The van der Waals surface area contributed by atoms with Crippen LogP contribution in [0.1, 0.15) is 43.5 Å². The Morgan fingerprint density at radius 2 is 2.27 bits per heavy atom. The van der Waals surface area contributed by atoms with Crippen molar-refractivity contribution in [2.45, 2.75) is 44.8 Å². The van der Waals surface area contributed by atoms with Crippen LogP contribution in [0.15, 0.2) is 15.9 Å². The average molecular weight is 290 g/mol. The smallest absolute Gasteiger partial charge is 0.0790 e. The molecule has 1 aliphatic rings. The van der Waals surface area contributed by atoms with Gasteiger partial charge in [-0.1, -0.05) is 12.8 Å². The summed E-state index contributed by atoms with van der Waals surface area (Å²) in [5, 5.41) is 2.10. The van der Waals surface area contributed by atoms with E-state index in [0.29, 0.717) is 6.10 Å². The summed E-state index contributed by atoms with van der Waals surface area (Å²) in [7, 11) is 0. The second-order valence-electron chi connectivity index (χ2n) is 4.03. The normalized spacial score (nSPS) is 19.6. The van der Waals surface area contributed by atoms with Gasteiger partial charge in [0.2, 0.25) is 0 Å². The van der Waals surface area contributed by atoms with Crippen molar-refractivity contribution >= 4 is 27.3 Å². The molecule has 1 heterocycles. The molecule has 0 radical (unpaired) electrons. The van der Waals surface area contributed by atoms with Gasteiger partial charge in [-0.2, -0.15) is 5.48 Å². The molecule has 4 heteroatoms. The van der Waals surface area contributed by atoms with Crippen molar-refractivity contribution in [2.24, 2.45) is 0 Å². The van der Waals surface area contributed by atoms with Gasteiger partial charge in [-0.15, -0.1) is 11.3 Å². The molecular weight excluding hydrogens is 274 g/mol. The first-order valence-electron chi connectivity index (χ1n) is 5.41. The molecule has 0 spiro atoms. The summed E-state index contributed by atoms with van der Waals surface area (Å²) in [6.07, 6.45) is 5.45. The first kappa shape index (κ1) is 11.6. The van der Waals surface area contributed by atoms with Crippen molar-refractivity contribution in [1.29, 1.82) is 0 Å². The van der Waals surface area contributed by atoms with Crippen LogP contribution < -0.4 is 5.48 Å². The lowest BCUT2D eigenvalue weighted by molar-refractivity contribution is -0.0371. The molecule has 0 bridgehead atoms. The molecule has 0 aliphatic heterocycles. The van der Waals surface area contributed by atoms with E-state index >= 15 is 0 Å². The molecule has 1 atom stereocenters. The Bertz CT molecular complexity index is 309. The zero-order chi connectivity index (χ0) is 10.7. The third kappa shape index (κ3) is 3.28. The van der Waals surface area contributed by atoms with Crippen LogP contribution in [0.4, 0.5) is 0 Å². The van der Waals surface area contributed by atoms with E-state index < -0.39 is 0 Å². The first-order chi connectivity index (χ1) is 7.25. The maximum Gasteiger partial charge on any atom is 0.0790 e. The molecule has 84 valence electrons. The Morgan fingerprint density at radius 3 is 2.87 bits per heavy atom. The molecule has 1 unspecified atom stereocenters. The van der Waals surface area contributed by atoms with Crippen molar-refractivity contribution in [3.05, 3.63) is 20.8 Å². The van der Waals surface area contributed by atoms with Gasteiger partial charge in [0, 0.05) is 14.7 Å². The van der Waals surface area contributed by atoms with Crippen molar-refractivity contribution in [2.75, 3.05) is 0 Å². The van der Waals surface area contributed by atoms with Gasteiger partial charge in [-0.25, -0.2) is 0 Å². The molecule has 1 fully saturated rings. The molecule has 1 aliphatic carbocycles. The minimum atomic E-state index is 0.280. The van der Waals surface area contributed by atoms with Crippen LogP contribution in [0.5, 0.6) is 0 Å². The first-order valence-corrected chi connectivity index (χ1v) is 7.08. The zero-order valence-electron chi connectivity index (χ0n) is 8.83. The van der Waals surface area contributed by atoms with Gasteiger partial charge in [0.1, 0.15) is 0 Å². The van der Waals surface area contributed by atoms with E-state index in [4.69, 9.17) is 4.84 Å². The van der Waals surface area contributed by atoms with Crippen LogP contribution in [-0.4, -0.2) is 6.10 Å². The summed E-state index contributed by atoms with van der Waals surface area (Å²) in [5.74, 6) is 0. The molecule has 1 N–H and O–H groups in total. The van der Waals surface area contributed by atoms with E-state index in [1.54, 1.807) is 11.3 Å². The number of thiophene rings is 1. The lowest BCUT2D eigenvalue weighted by atomic mass is 10.3. The monoisotopic (exact) mass is 289 g/mol. The standard InChI is InChI=1S/C11H16BrNOS/c1-8(11-6-9(12)7-15-11)13-14-10-4-2-3-5-10/h6-8,10,13H,2-5H2,1H3. The molecular formula is C11H16BrNOS. The summed E-state index contributed by atoms with van der Waals surface area (Å²) < 4.78 is 1.15. The summed E-state index contributed by atoms with van der Waals surface area (Å²) in [4.78, 5) is 6.98. The van der Waals surface area contributed by atoms with E-state index in [-0.39, 0.29) is 6.04 Å². The maximum atomic E-state index is 5.67. The fourth-order valence-corrected chi connectivity index (χ4v) is 3.26. The van der Waals surface area contributed by atoms with Gasteiger partial charge in [0.25, 0.3) is 0 Å². The average Bonchev–Trinajstić information content (AvgIpc) is 2.84. The summed E-state index contributed by atoms with van der Waals surface area (Å²) in [5.41, 5.74) is 3.14. The zero-order valence-corrected chi connectivity index (χ0v) is 11.2. The van der Waals surface area contributed by atoms with Crippen LogP contribution in [0, 0.1) is 0 Å². The van der Waals surface area contributed by atoms with Gasteiger partial charge in [0.15, 0.2) is 0 Å². The van der Waals surface area contributed by atoms with Gasteiger partial charge in [-0.3, -0.25) is 4.84 Å². The van der Waals surface area contributed by atoms with Crippen LogP contribution in [0.25, 0.3) is 0 Å². The van der Waals surface area contributed by atoms with Crippen molar-refractivity contribution in [3.63, 3.8) is 0 Å². The molecule has 0 saturated heterocycles. The third-order valence-electron chi connectivity index (χ3n) is 2.73. The minimum absolute atomic E-state index is 0.280. The number of rotatable bonds is 4. The Balaban J connectivity index is 1.79. The lowest BCUT2D eigenvalue weighted by Gasteiger charge is -2.16. The quantitative estimate of drug-likeness (QED) is 0.845. The van der Waals surface area contributed by atoms with Crippen molar-refractivity contribution in [3.8, 4) is 0 Å². The summed E-state index contributed by atoms with van der Waals surface area (Å²) >= 11 is 5.21. The van der Waals surface area contributed by atoms with Crippen molar-refractivity contribution in [1.82, 2.24) is 5.48 Å². The summed E-state index contributed by atoms with van der Waals surface area (Å²) in [6.45, 7) is 2.13. The second kappa shape index (κ2) is 5.43. The highest BCUT2D eigenvalue weighted by Crippen LogP contribution is 2.26. The van der Waals surface area contributed by atoms with Crippen LogP contribution in [-0.2, 0) is 4.84 Å². The second-order valence-corrected chi connectivity index (χ2v) is 5.89. The molecule has 0 aromatic carbocycles. The predicted molar refractivity (Wildman–Crippen MR) is 66.9 cm³/mol. The van der Waals surface area contributed by atoms with E-state index in [9.17, 15) is 0 Å². The third-order valence-corrected chi connectivity index (χ3v) is 4.60. The van der Waals surface area contributed by atoms with Gasteiger partial charge < -0.3 is 0 Å². The van der Waals surface area contributed by atoms with E-state index in [1.807, 2.05) is 0 Å². The van der Waals surface area contributed by atoms with Crippen LogP contribution in [0.3, 0.4) is 0 Å². The topological polar surface area (TPSA) is 21.3 Å². The number of hydroxylamine groups is 1. The molecule has 2 nitrogen and oxygen atoms in total. The van der Waals surface area contributed by atoms with E-state index in [1.165, 1.54) is 30.6 Å². The number of hydrogen-bond donors (Lipinski definition) is 1. The maximum absolute atomic E-state index is 5.67. The lowest BCUT2D eigenvalue weighted by Crippen LogP contribution is -2.24. The fraction of sp³-hybridized carbons (Fsp3) is 0.636. The Kier molecular flexibility index (Phi) is 4.20. The minimum Gasteiger partial charge on any atom is -0.298 e. The van der Waals surface area contributed by atoms with Gasteiger partial charge in [0.05, 0.1) is 12.1 Å². The Morgan fingerprint density at radius 1 is 1.53 bits per heavy atom.